The molecule has 0 spiro atoms. The Balaban J connectivity index is 0.00000231. The molecule has 1 aliphatic rings. The van der Waals surface area contributed by atoms with Crippen LogP contribution in [0.25, 0.3) is 16.7 Å². The number of para-hydroxylation sites is 2. The summed E-state index contributed by atoms with van der Waals surface area (Å²) < 4.78 is 15.6. The van der Waals surface area contributed by atoms with E-state index in [2.05, 4.69) is 26.8 Å². The van der Waals surface area contributed by atoms with Crippen molar-refractivity contribution < 1.29 is 4.39 Å². The summed E-state index contributed by atoms with van der Waals surface area (Å²) in [5.41, 5.74) is 6.23. The van der Waals surface area contributed by atoms with Gasteiger partial charge in [-0.15, -0.1) is 0 Å². The van der Waals surface area contributed by atoms with Crippen LogP contribution in [-0.4, -0.2) is 35.6 Å². The number of fused-ring (bicyclic) bond motifs is 3. The number of hydrogen-bond acceptors (Lipinski definition) is 4. The molecule has 0 radical (unpaired) electrons. The van der Waals surface area contributed by atoms with Crippen LogP contribution in [-0.2, 0) is 6.42 Å². The Morgan fingerprint density at radius 2 is 1.81 bits per heavy atom. The fourth-order valence-corrected chi connectivity index (χ4v) is 4.39. The van der Waals surface area contributed by atoms with Crippen LogP contribution in [0.5, 0.6) is 0 Å². The topological polar surface area (TPSA) is 56.4 Å². The molecule has 1 fully saturated rings. The molecule has 0 bridgehead atoms. The Bertz CT molecular complexity index is 1280. The average molecular weight is 416 g/mol. The molecule has 4 aromatic rings. The highest BCUT2D eigenvalue weighted by molar-refractivity contribution is 5.86. The molecule has 2 aromatic carbocycles. The first kappa shape index (κ1) is 20.8. The lowest BCUT2D eigenvalue weighted by Gasteiger charge is -2.33. The van der Waals surface area contributed by atoms with E-state index in [0.29, 0.717) is 17.6 Å². The van der Waals surface area contributed by atoms with Crippen molar-refractivity contribution in [2.75, 3.05) is 31.1 Å². The average Bonchev–Trinajstić information content (AvgIpc) is 3.15. The first-order valence-corrected chi connectivity index (χ1v) is 10.2. The van der Waals surface area contributed by atoms with Crippen molar-refractivity contribution in [2.45, 2.75) is 20.8 Å². The second-order valence-corrected chi connectivity index (χ2v) is 7.71. The van der Waals surface area contributed by atoms with E-state index in [-0.39, 0.29) is 13.2 Å². The smallest absolute Gasteiger partial charge is 0.157 e. The summed E-state index contributed by atoms with van der Waals surface area (Å²) in [4.78, 5) is 7.19. The molecule has 5 nitrogen and oxygen atoms in total. The normalized spacial score (nSPS) is 13.9. The van der Waals surface area contributed by atoms with E-state index in [4.69, 9.17) is 4.98 Å². The van der Waals surface area contributed by atoms with Crippen molar-refractivity contribution in [1.82, 2.24) is 14.7 Å². The summed E-state index contributed by atoms with van der Waals surface area (Å²) in [7, 11) is 0. The van der Waals surface area contributed by atoms with Gasteiger partial charge in [0.25, 0.3) is 0 Å². The summed E-state index contributed by atoms with van der Waals surface area (Å²) in [6, 6.07) is 17.0. The zero-order valence-corrected chi connectivity index (χ0v) is 16.8. The van der Waals surface area contributed by atoms with Gasteiger partial charge in [0.1, 0.15) is 17.7 Å². The van der Waals surface area contributed by atoms with Gasteiger partial charge in [0.05, 0.1) is 16.6 Å². The van der Waals surface area contributed by atoms with Gasteiger partial charge < -0.3 is 10.2 Å². The molecule has 158 valence electrons. The van der Waals surface area contributed by atoms with Gasteiger partial charge >= 0.3 is 0 Å². The monoisotopic (exact) mass is 415 g/mol. The summed E-state index contributed by atoms with van der Waals surface area (Å²) in [5.74, 6) is 0.840. The van der Waals surface area contributed by atoms with Gasteiger partial charge in [-0.05, 0) is 42.3 Å². The fourth-order valence-electron chi connectivity index (χ4n) is 4.39. The molecule has 0 unspecified atom stereocenters. The quantitative estimate of drug-likeness (QED) is 0.537. The molecule has 1 aliphatic heterocycles. The van der Waals surface area contributed by atoms with Gasteiger partial charge in [-0.1, -0.05) is 31.7 Å². The Labute approximate surface area is 181 Å². The van der Waals surface area contributed by atoms with E-state index in [9.17, 15) is 9.65 Å². The van der Waals surface area contributed by atoms with Crippen LogP contribution >= 0.6 is 0 Å². The van der Waals surface area contributed by atoms with Crippen LogP contribution in [0.1, 0.15) is 29.7 Å². The van der Waals surface area contributed by atoms with Crippen molar-refractivity contribution in [3.05, 3.63) is 76.6 Å². The molecule has 3 heterocycles. The number of nitrogens with zero attached hydrogens (tertiary/aromatic N) is 4. The molecule has 31 heavy (non-hydrogen) atoms. The third kappa shape index (κ3) is 3.51. The van der Waals surface area contributed by atoms with E-state index >= 15 is 0 Å². The molecule has 5 rings (SSSR count). The zero-order chi connectivity index (χ0) is 20.7. The van der Waals surface area contributed by atoms with Crippen LogP contribution in [0.3, 0.4) is 0 Å². The number of imidazole rings is 1. The molecule has 0 amide bonds. The lowest BCUT2D eigenvalue weighted by Crippen LogP contribution is -2.44. The van der Waals surface area contributed by atoms with Gasteiger partial charge in [-0.3, -0.25) is 4.40 Å². The van der Waals surface area contributed by atoms with Crippen LogP contribution in [0.15, 0.2) is 48.5 Å². The van der Waals surface area contributed by atoms with E-state index < -0.39 is 0 Å². The Hall–Kier alpha value is -3.43. The van der Waals surface area contributed by atoms with E-state index in [1.54, 1.807) is 0 Å². The zero-order valence-electron chi connectivity index (χ0n) is 16.8. The van der Waals surface area contributed by atoms with Crippen molar-refractivity contribution >= 4 is 22.5 Å². The number of nitrogens with one attached hydrogen (secondary N) is 1. The third-order valence-electron chi connectivity index (χ3n) is 5.92. The summed E-state index contributed by atoms with van der Waals surface area (Å²) >= 11 is 0. The minimum absolute atomic E-state index is 0. The molecule has 1 saturated heterocycles. The predicted molar refractivity (Wildman–Crippen MR) is 123 cm³/mol. The Morgan fingerprint density at radius 3 is 2.52 bits per heavy atom. The minimum atomic E-state index is -0.244. The number of aromatic nitrogens is 2. The number of rotatable bonds is 3. The van der Waals surface area contributed by atoms with Crippen LogP contribution in [0.2, 0.25) is 0 Å². The first-order valence-electron chi connectivity index (χ1n) is 10.2. The second kappa shape index (κ2) is 8.37. The van der Waals surface area contributed by atoms with Gasteiger partial charge in [0, 0.05) is 38.2 Å². The maximum absolute atomic E-state index is 13.5. The van der Waals surface area contributed by atoms with Crippen molar-refractivity contribution in [3.63, 3.8) is 0 Å². The Kier molecular flexibility index (Phi) is 5.62. The molecular weight excluding hydrogens is 389 g/mol. The van der Waals surface area contributed by atoms with E-state index in [1.165, 1.54) is 12.1 Å². The number of benzene rings is 2. The maximum Gasteiger partial charge on any atom is 0.157 e. The number of anilines is 1. The van der Waals surface area contributed by atoms with Crippen molar-refractivity contribution in [3.8, 4) is 6.07 Å². The lowest BCUT2D eigenvalue weighted by atomic mass is 9.97. The Morgan fingerprint density at radius 1 is 1.10 bits per heavy atom. The van der Waals surface area contributed by atoms with Crippen molar-refractivity contribution in [1.29, 1.82) is 5.26 Å². The minimum Gasteiger partial charge on any atom is -0.355 e. The third-order valence-corrected chi connectivity index (χ3v) is 5.92. The SMILES string of the molecule is C.Cc1c(Cc2ccc(F)cc2)c(N2CCNCC2)n2c(nc3ccccc32)c1C#N. The highest BCUT2D eigenvalue weighted by atomic mass is 19.1. The highest BCUT2D eigenvalue weighted by Crippen LogP contribution is 2.34. The molecular formula is C25H26FN5. The van der Waals surface area contributed by atoms with E-state index in [1.807, 2.05) is 37.3 Å². The summed E-state index contributed by atoms with van der Waals surface area (Å²) in [6.45, 7) is 5.57. The van der Waals surface area contributed by atoms with Gasteiger partial charge in [0.2, 0.25) is 0 Å². The van der Waals surface area contributed by atoms with Gasteiger partial charge in [0.15, 0.2) is 5.65 Å². The summed E-state index contributed by atoms with van der Waals surface area (Å²) in [6.07, 6.45) is 0.627. The molecule has 6 heteroatoms. The van der Waals surface area contributed by atoms with Crippen LogP contribution < -0.4 is 10.2 Å². The fraction of sp³-hybridized carbons (Fsp3) is 0.280. The van der Waals surface area contributed by atoms with Gasteiger partial charge in [-0.25, -0.2) is 9.37 Å². The number of hydrogen-bond donors (Lipinski definition) is 1. The first-order chi connectivity index (χ1) is 14.7. The number of halogens is 1. The predicted octanol–water partition coefficient (Wildman–Crippen LogP) is 4.44. The number of piperazine rings is 1. The van der Waals surface area contributed by atoms with Crippen LogP contribution in [0, 0.1) is 24.1 Å². The second-order valence-electron chi connectivity index (χ2n) is 7.71. The number of nitriles is 1. The molecule has 0 atom stereocenters. The standard InChI is InChI=1S/C24H22FN5.CH4/c1-16-19(14-17-6-8-18(25)9-7-17)24(29-12-10-27-11-13-29)30-22-5-3-2-4-21(22)28-23(30)20(16)15-26;/h2-9,27H,10-14H2,1H3;1H4. The molecule has 1 N–H and O–H groups in total. The van der Waals surface area contributed by atoms with Crippen molar-refractivity contribution in [2.24, 2.45) is 0 Å². The molecule has 2 aromatic heterocycles. The van der Waals surface area contributed by atoms with Crippen LogP contribution in [0.4, 0.5) is 10.2 Å². The van der Waals surface area contributed by atoms with Gasteiger partial charge in [-0.2, -0.15) is 5.26 Å². The number of pyridine rings is 1. The summed E-state index contributed by atoms with van der Waals surface area (Å²) in [5, 5.41) is 13.4. The van der Waals surface area contributed by atoms with E-state index in [0.717, 1.165) is 59.7 Å². The largest absolute Gasteiger partial charge is 0.355 e. The molecule has 0 aliphatic carbocycles. The molecule has 0 saturated carbocycles. The maximum atomic E-state index is 13.5. The highest BCUT2D eigenvalue weighted by Gasteiger charge is 2.25. The lowest BCUT2D eigenvalue weighted by molar-refractivity contribution is 0.582.